The van der Waals surface area contributed by atoms with Gasteiger partial charge in [-0.2, -0.15) is 0 Å². The fourth-order valence-corrected chi connectivity index (χ4v) is 3.05. The highest BCUT2D eigenvalue weighted by atomic mass is 127. The van der Waals surface area contributed by atoms with Crippen LogP contribution in [0.2, 0.25) is 0 Å². The van der Waals surface area contributed by atoms with E-state index in [1.54, 1.807) is 0 Å². The van der Waals surface area contributed by atoms with E-state index in [0.717, 1.165) is 36.5 Å². The van der Waals surface area contributed by atoms with Gasteiger partial charge in [0.2, 0.25) is 5.88 Å². The Morgan fingerprint density at radius 2 is 2.04 bits per heavy atom. The lowest BCUT2D eigenvalue weighted by Gasteiger charge is -2.24. The van der Waals surface area contributed by atoms with E-state index in [1.165, 1.54) is 44.9 Å². The first-order chi connectivity index (χ1) is 11.8. The van der Waals surface area contributed by atoms with Crippen LogP contribution >= 0.6 is 24.0 Å². The number of aliphatic imine (C=N–C) groups is 1. The van der Waals surface area contributed by atoms with Crippen molar-refractivity contribution < 1.29 is 4.74 Å². The average Bonchev–Trinajstić information content (AvgIpc) is 3.44. The van der Waals surface area contributed by atoms with Crippen molar-refractivity contribution in [1.82, 2.24) is 15.6 Å². The van der Waals surface area contributed by atoms with E-state index < -0.39 is 0 Å². The van der Waals surface area contributed by atoms with Crippen molar-refractivity contribution in [2.24, 2.45) is 10.9 Å². The summed E-state index contributed by atoms with van der Waals surface area (Å²) in [7, 11) is 0. The minimum Gasteiger partial charge on any atom is -0.477 e. The van der Waals surface area contributed by atoms with Crippen molar-refractivity contribution in [3.05, 3.63) is 23.9 Å². The molecule has 0 amide bonds. The zero-order valence-corrected chi connectivity index (χ0v) is 17.5. The number of nitrogens with zero attached hydrogens (tertiary/aromatic N) is 2. The minimum absolute atomic E-state index is 0. The van der Waals surface area contributed by atoms with Crippen molar-refractivity contribution in [2.45, 2.75) is 64.5 Å². The van der Waals surface area contributed by atoms with Gasteiger partial charge in [0.15, 0.2) is 5.96 Å². The number of rotatable bonds is 7. The van der Waals surface area contributed by atoms with Crippen molar-refractivity contribution >= 4 is 29.9 Å². The summed E-state index contributed by atoms with van der Waals surface area (Å²) in [5, 5.41) is 6.94. The lowest BCUT2D eigenvalue weighted by molar-refractivity contribution is 0.288. The molecule has 2 aliphatic carbocycles. The van der Waals surface area contributed by atoms with Crippen molar-refractivity contribution in [3.63, 3.8) is 0 Å². The highest BCUT2D eigenvalue weighted by Crippen LogP contribution is 2.29. The molecule has 0 radical (unpaired) electrons. The van der Waals surface area contributed by atoms with Gasteiger partial charge in [-0.15, -0.1) is 24.0 Å². The third-order valence-electron chi connectivity index (χ3n) is 4.67. The molecule has 2 N–H and O–H groups in total. The largest absolute Gasteiger partial charge is 0.477 e. The highest BCUT2D eigenvalue weighted by molar-refractivity contribution is 14.0. The monoisotopic (exact) mass is 458 g/mol. The molecule has 0 unspecified atom stereocenters. The first-order valence-electron chi connectivity index (χ1n) is 9.46. The number of hydrogen-bond donors (Lipinski definition) is 2. The summed E-state index contributed by atoms with van der Waals surface area (Å²) in [4.78, 5) is 9.03. The number of aromatic nitrogens is 1. The third kappa shape index (κ3) is 7.38. The van der Waals surface area contributed by atoms with Crippen LogP contribution in [0.4, 0.5) is 0 Å². The Kier molecular flexibility index (Phi) is 8.78. The number of ether oxygens (including phenoxy) is 1. The molecule has 1 aromatic rings. The SMILES string of the molecule is CCNC(=NCc1ccnc(OCC2CC2)c1)NC1CCCCC1.I. The number of guanidine groups is 1. The zero-order chi connectivity index (χ0) is 16.6. The second-order valence-electron chi connectivity index (χ2n) is 6.93. The molecule has 0 bridgehead atoms. The Balaban J connectivity index is 0.00000225. The van der Waals surface area contributed by atoms with Crippen LogP contribution in [-0.4, -0.2) is 30.1 Å². The zero-order valence-electron chi connectivity index (χ0n) is 15.2. The van der Waals surface area contributed by atoms with Crippen LogP contribution in [0, 0.1) is 5.92 Å². The summed E-state index contributed by atoms with van der Waals surface area (Å²) in [6.45, 7) is 4.43. The van der Waals surface area contributed by atoms with Crippen LogP contribution in [0.5, 0.6) is 5.88 Å². The van der Waals surface area contributed by atoms with Crippen molar-refractivity contribution in [3.8, 4) is 5.88 Å². The maximum Gasteiger partial charge on any atom is 0.213 e. The Labute approximate surface area is 168 Å². The molecule has 140 valence electrons. The van der Waals surface area contributed by atoms with Gasteiger partial charge < -0.3 is 15.4 Å². The molecule has 2 fully saturated rings. The van der Waals surface area contributed by atoms with Gasteiger partial charge >= 0.3 is 0 Å². The molecule has 25 heavy (non-hydrogen) atoms. The average molecular weight is 458 g/mol. The number of pyridine rings is 1. The van der Waals surface area contributed by atoms with E-state index in [9.17, 15) is 0 Å². The Morgan fingerprint density at radius 1 is 1.24 bits per heavy atom. The molecule has 5 nitrogen and oxygen atoms in total. The summed E-state index contributed by atoms with van der Waals surface area (Å²) < 4.78 is 5.76. The number of nitrogens with one attached hydrogen (secondary N) is 2. The maximum atomic E-state index is 5.76. The number of hydrogen-bond acceptors (Lipinski definition) is 3. The second-order valence-corrected chi connectivity index (χ2v) is 6.93. The minimum atomic E-state index is 0. The van der Waals surface area contributed by atoms with E-state index in [2.05, 4.69) is 22.5 Å². The molecule has 0 aromatic carbocycles. The molecule has 0 spiro atoms. The fraction of sp³-hybridized carbons (Fsp3) is 0.684. The summed E-state index contributed by atoms with van der Waals surface area (Å²) in [6, 6.07) is 4.58. The standard InChI is InChI=1S/C19H30N4O.HI/c1-2-20-19(23-17-6-4-3-5-7-17)22-13-16-10-11-21-18(12-16)24-14-15-8-9-15;/h10-12,15,17H,2-9,13-14H2,1H3,(H2,20,22,23);1H. The van der Waals surface area contributed by atoms with Crippen LogP contribution in [0.3, 0.4) is 0 Å². The fourth-order valence-electron chi connectivity index (χ4n) is 3.05. The molecule has 3 rings (SSSR count). The van der Waals surface area contributed by atoms with Gasteiger partial charge in [0.1, 0.15) is 0 Å². The Morgan fingerprint density at radius 3 is 2.76 bits per heavy atom. The van der Waals surface area contributed by atoms with Crippen LogP contribution in [-0.2, 0) is 6.54 Å². The summed E-state index contributed by atoms with van der Waals surface area (Å²) >= 11 is 0. The topological polar surface area (TPSA) is 58.5 Å². The van der Waals surface area contributed by atoms with E-state index in [4.69, 9.17) is 9.73 Å². The highest BCUT2D eigenvalue weighted by Gasteiger charge is 2.22. The molecular formula is C19H31IN4O. The lowest BCUT2D eigenvalue weighted by Crippen LogP contribution is -2.44. The van der Waals surface area contributed by atoms with Gasteiger partial charge in [-0.25, -0.2) is 9.98 Å². The smallest absolute Gasteiger partial charge is 0.213 e. The first-order valence-corrected chi connectivity index (χ1v) is 9.46. The second kappa shape index (κ2) is 10.8. The van der Waals surface area contributed by atoms with Gasteiger partial charge in [-0.1, -0.05) is 19.3 Å². The molecule has 1 aromatic heterocycles. The van der Waals surface area contributed by atoms with Gasteiger partial charge in [0.25, 0.3) is 0 Å². The maximum absolute atomic E-state index is 5.76. The molecule has 0 atom stereocenters. The molecule has 1 heterocycles. The van der Waals surface area contributed by atoms with Crippen LogP contribution in [0.25, 0.3) is 0 Å². The van der Waals surface area contributed by atoms with E-state index in [1.807, 2.05) is 18.3 Å². The van der Waals surface area contributed by atoms with E-state index in [-0.39, 0.29) is 24.0 Å². The Hall–Kier alpha value is -1.05. The molecule has 2 saturated carbocycles. The molecule has 2 aliphatic rings. The molecule has 0 aliphatic heterocycles. The summed E-state index contributed by atoms with van der Waals surface area (Å²) in [6.07, 6.45) is 10.9. The third-order valence-corrected chi connectivity index (χ3v) is 4.67. The van der Waals surface area contributed by atoms with Crippen molar-refractivity contribution in [1.29, 1.82) is 0 Å². The number of halogens is 1. The van der Waals surface area contributed by atoms with Gasteiger partial charge in [0, 0.05) is 24.8 Å². The van der Waals surface area contributed by atoms with E-state index in [0.29, 0.717) is 12.6 Å². The van der Waals surface area contributed by atoms with Crippen LogP contribution in [0.1, 0.15) is 57.4 Å². The van der Waals surface area contributed by atoms with Crippen molar-refractivity contribution in [2.75, 3.05) is 13.2 Å². The molecule has 0 saturated heterocycles. The summed E-state index contributed by atoms with van der Waals surface area (Å²) in [5.74, 6) is 2.38. The normalized spacial score (nSPS) is 18.4. The van der Waals surface area contributed by atoms with Gasteiger partial charge in [-0.3, -0.25) is 0 Å². The predicted molar refractivity (Wildman–Crippen MR) is 113 cm³/mol. The lowest BCUT2D eigenvalue weighted by atomic mass is 9.96. The molecular weight excluding hydrogens is 427 g/mol. The van der Waals surface area contributed by atoms with Crippen LogP contribution < -0.4 is 15.4 Å². The van der Waals surface area contributed by atoms with Gasteiger partial charge in [-0.05, 0) is 50.2 Å². The molecule has 6 heteroatoms. The predicted octanol–water partition coefficient (Wildman–Crippen LogP) is 3.88. The van der Waals surface area contributed by atoms with Crippen LogP contribution in [0.15, 0.2) is 23.3 Å². The van der Waals surface area contributed by atoms with Gasteiger partial charge in [0.05, 0.1) is 13.2 Å². The Bertz CT molecular complexity index is 542. The first kappa shape index (κ1) is 20.3. The quantitative estimate of drug-likeness (QED) is 0.370. The summed E-state index contributed by atoms with van der Waals surface area (Å²) in [5.41, 5.74) is 1.14. The van der Waals surface area contributed by atoms with E-state index >= 15 is 0 Å².